The molecule has 0 N–H and O–H groups in total. The minimum Gasteiger partial charge on any atom is -0.457 e. The van der Waals surface area contributed by atoms with Gasteiger partial charge in [-0.2, -0.15) is 10.5 Å². The van der Waals surface area contributed by atoms with Crippen LogP contribution in [0.25, 0.3) is 34.4 Å². The van der Waals surface area contributed by atoms with Crippen LogP contribution in [0.15, 0.2) is 165 Å². The molecule has 5 aliphatic rings. The van der Waals surface area contributed by atoms with Gasteiger partial charge in [-0.25, -0.2) is 0 Å². The maximum Gasteiger partial charge on any atom is 0.137 e. The van der Waals surface area contributed by atoms with E-state index in [0.29, 0.717) is 17.1 Å². The number of hydrogen-bond acceptors (Lipinski definition) is 5. The smallest absolute Gasteiger partial charge is 0.137 e. The first-order valence-electron chi connectivity index (χ1n) is 33.4. The summed E-state index contributed by atoms with van der Waals surface area (Å²) in [4.78, 5) is 5.12. The van der Waals surface area contributed by atoms with Gasteiger partial charge in [-0.3, -0.25) is 0 Å². The average Bonchev–Trinajstić information content (AvgIpc) is 1.67. The van der Waals surface area contributed by atoms with Gasteiger partial charge in [0.15, 0.2) is 0 Å². The number of nitriles is 2. The third kappa shape index (κ3) is 13.2. The van der Waals surface area contributed by atoms with Crippen LogP contribution in [0.1, 0.15) is 213 Å². The number of anilines is 4. The molecule has 0 amide bonds. The summed E-state index contributed by atoms with van der Waals surface area (Å²) in [5, 5.41) is 20.2. The van der Waals surface area contributed by atoms with Crippen LogP contribution in [0.5, 0.6) is 0 Å². The molecular weight excluding hydrogens is 1190 g/mol. The molecule has 7 heteroatoms. The summed E-state index contributed by atoms with van der Waals surface area (Å²) in [7, 11) is 0. The van der Waals surface area contributed by atoms with Crippen LogP contribution in [0.2, 0.25) is 0 Å². The van der Waals surface area contributed by atoms with Gasteiger partial charge in [0.1, 0.15) is 29.2 Å². The highest BCUT2D eigenvalue weighted by Gasteiger charge is 2.44. The Morgan fingerprint density at radius 1 is 0.460 bits per heavy atom. The highest BCUT2D eigenvalue weighted by Crippen LogP contribution is 2.58. The molecular formula is C80H88Br2N4O. The van der Waals surface area contributed by atoms with Crippen molar-refractivity contribution in [1.82, 2.24) is 0 Å². The topological polar surface area (TPSA) is 63.3 Å². The SMILES string of the molecule is CCCCCCC1(CCCCCC)c2cc(Br)ccc2-c2ccc(N3CCCc4cc(/C=C/C5=CC(=C(C#N)C#N)C=C(/C=C/c6ccc7c(c6)CCCN7c6ccc7c(c6)C(CCCCCC)(CCCCCC)c6cc(Br)ccc6-7)O5)ccc43)cc21. The maximum atomic E-state index is 10.1. The summed E-state index contributed by atoms with van der Waals surface area (Å²) in [5.74, 6) is 1.15. The second kappa shape index (κ2) is 28.7. The highest BCUT2D eigenvalue weighted by molar-refractivity contribution is 9.10. The lowest BCUT2D eigenvalue weighted by molar-refractivity contribution is 0.332. The quantitative estimate of drug-likeness (QED) is 0.0400. The van der Waals surface area contributed by atoms with Gasteiger partial charge in [0.25, 0.3) is 0 Å². The van der Waals surface area contributed by atoms with Crippen LogP contribution in [0, 0.1) is 22.7 Å². The van der Waals surface area contributed by atoms with Crippen LogP contribution in [-0.2, 0) is 28.4 Å². The number of rotatable bonds is 26. The Morgan fingerprint density at radius 3 is 1.22 bits per heavy atom. The van der Waals surface area contributed by atoms with Gasteiger partial charge in [-0.05, 0) is 215 Å². The number of fused-ring (bicyclic) bond motifs is 8. The van der Waals surface area contributed by atoms with Crippen LogP contribution < -0.4 is 9.80 Å². The zero-order valence-corrected chi connectivity index (χ0v) is 55.4. The number of halogens is 2. The molecule has 0 saturated carbocycles. The fourth-order valence-electron chi connectivity index (χ4n) is 15.3. The van der Waals surface area contributed by atoms with Crippen LogP contribution in [0.3, 0.4) is 0 Å². The molecule has 3 aliphatic heterocycles. The van der Waals surface area contributed by atoms with E-state index in [1.807, 2.05) is 12.2 Å². The monoisotopic (exact) mass is 1280 g/mol. The molecule has 11 rings (SSSR count). The van der Waals surface area contributed by atoms with Crippen LogP contribution in [-0.4, -0.2) is 13.1 Å². The predicted octanol–water partition coefficient (Wildman–Crippen LogP) is 23.7. The molecule has 0 spiro atoms. The molecule has 87 heavy (non-hydrogen) atoms. The Kier molecular flexibility index (Phi) is 20.4. The Labute approximate surface area is 537 Å². The maximum absolute atomic E-state index is 10.1. The van der Waals surface area contributed by atoms with Gasteiger partial charge in [-0.1, -0.05) is 211 Å². The molecule has 0 bridgehead atoms. The number of hydrogen-bond donors (Lipinski definition) is 0. The fraction of sp³-hybridized carbons (Fsp3) is 0.400. The van der Waals surface area contributed by atoms with Gasteiger partial charge in [0.2, 0.25) is 0 Å². The van der Waals surface area contributed by atoms with E-state index in [1.54, 1.807) is 12.2 Å². The first kappa shape index (κ1) is 62.0. The molecule has 0 saturated heterocycles. The molecule has 0 unspecified atom stereocenters. The number of unbranched alkanes of at least 4 members (excludes halogenated alkanes) is 12. The summed E-state index contributed by atoms with van der Waals surface area (Å²) < 4.78 is 8.90. The van der Waals surface area contributed by atoms with Gasteiger partial charge in [0, 0.05) is 61.2 Å². The van der Waals surface area contributed by atoms with E-state index >= 15 is 0 Å². The first-order valence-corrected chi connectivity index (χ1v) is 35.0. The van der Waals surface area contributed by atoms with Crippen molar-refractivity contribution in [1.29, 1.82) is 10.5 Å². The highest BCUT2D eigenvalue weighted by atomic mass is 79.9. The fourth-order valence-corrected chi connectivity index (χ4v) is 16.1. The van der Waals surface area contributed by atoms with Gasteiger partial charge in [-0.15, -0.1) is 0 Å². The minimum absolute atomic E-state index is 0.00619. The lowest BCUT2D eigenvalue weighted by Crippen LogP contribution is -2.27. The molecule has 2 aliphatic carbocycles. The van der Waals surface area contributed by atoms with Crippen molar-refractivity contribution in [3.63, 3.8) is 0 Å². The third-order valence-corrected chi connectivity index (χ3v) is 20.7. The summed E-state index contributed by atoms with van der Waals surface area (Å²) in [5.41, 5.74) is 22.3. The zero-order valence-electron chi connectivity index (χ0n) is 52.2. The summed E-state index contributed by atoms with van der Waals surface area (Å²) in [6, 6.07) is 46.7. The third-order valence-electron chi connectivity index (χ3n) is 19.7. The number of aryl methyl sites for hydroxylation is 2. The molecule has 6 aromatic rings. The van der Waals surface area contributed by atoms with Crippen molar-refractivity contribution in [2.45, 2.75) is 193 Å². The van der Waals surface area contributed by atoms with E-state index in [-0.39, 0.29) is 16.4 Å². The van der Waals surface area contributed by atoms with Crippen molar-refractivity contribution in [3.8, 4) is 34.4 Å². The van der Waals surface area contributed by atoms with Crippen LogP contribution in [0.4, 0.5) is 22.7 Å². The van der Waals surface area contributed by atoms with Crippen molar-refractivity contribution in [3.05, 3.63) is 210 Å². The normalized spacial score (nSPS) is 15.9. The van der Waals surface area contributed by atoms with E-state index in [9.17, 15) is 10.5 Å². The van der Waals surface area contributed by atoms with Gasteiger partial charge >= 0.3 is 0 Å². The van der Waals surface area contributed by atoms with E-state index in [0.717, 1.165) is 49.9 Å². The van der Waals surface area contributed by atoms with E-state index < -0.39 is 0 Å². The summed E-state index contributed by atoms with van der Waals surface area (Å²) in [6.07, 6.45) is 40.9. The molecule has 0 radical (unpaired) electrons. The predicted molar refractivity (Wildman–Crippen MR) is 373 cm³/mol. The number of nitrogens with zero attached hydrogens (tertiary/aromatic N) is 4. The van der Waals surface area contributed by atoms with Crippen molar-refractivity contribution in [2.24, 2.45) is 0 Å². The Hall–Kier alpha value is -6.64. The number of benzene rings is 6. The Balaban J connectivity index is 0.822. The molecule has 448 valence electrons. The van der Waals surface area contributed by atoms with Crippen molar-refractivity contribution < 1.29 is 4.74 Å². The largest absolute Gasteiger partial charge is 0.457 e. The molecule has 0 atom stereocenters. The lowest BCUT2D eigenvalue weighted by atomic mass is 9.70. The molecule has 5 nitrogen and oxygen atoms in total. The first-order chi connectivity index (χ1) is 42.6. The Morgan fingerprint density at radius 2 is 0.839 bits per heavy atom. The molecule has 0 aromatic heterocycles. The van der Waals surface area contributed by atoms with E-state index in [4.69, 9.17) is 4.74 Å². The van der Waals surface area contributed by atoms with Gasteiger partial charge in [0.05, 0.1) is 0 Å². The number of allylic oxidation sites excluding steroid dienone is 6. The van der Waals surface area contributed by atoms with Crippen molar-refractivity contribution in [2.75, 3.05) is 22.9 Å². The lowest BCUT2D eigenvalue weighted by Gasteiger charge is -2.35. The molecule has 3 heterocycles. The number of ether oxygens (including phenoxy) is 1. The summed E-state index contributed by atoms with van der Waals surface area (Å²) in [6.45, 7) is 11.2. The second-order valence-corrected chi connectivity index (χ2v) is 27.3. The van der Waals surface area contributed by atoms with Gasteiger partial charge < -0.3 is 14.5 Å². The Bertz CT molecular complexity index is 3470. The zero-order chi connectivity index (χ0) is 60.3. The minimum atomic E-state index is 0.00619. The van der Waals surface area contributed by atoms with Crippen molar-refractivity contribution >= 4 is 66.8 Å². The average molecular weight is 1280 g/mol. The molecule has 6 aromatic carbocycles. The van der Waals surface area contributed by atoms with Crippen LogP contribution >= 0.6 is 31.9 Å². The van der Waals surface area contributed by atoms with E-state index in [1.165, 1.54) is 216 Å². The standard InChI is InChI=1S/C80H88Br2N4O/c1-5-9-13-17-41-79(42-18-14-10-6-2)73-51-63(81)29-35-69(73)71-37-31-65(53-75(71)79)85-45-21-23-59-47-57(27-39-77(59)85)25-33-67-49-61(62(55-83)56-84)50-68(87-67)34-26-58-28-40-78-60(48-58)24-22-46-86(78)66-32-38-72-70-36-30-64(82)52-74(70)80(76(72)54-66,43-19-15-11-7-3)44-20-16-12-8-4/h25-40,47-54H,5-24,41-46H2,1-4H3/b33-25+,34-26+. The summed E-state index contributed by atoms with van der Waals surface area (Å²) >= 11 is 7.79. The second-order valence-electron chi connectivity index (χ2n) is 25.4. The molecule has 0 fully saturated rings. The van der Waals surface area contributed by atoms with E-state index in [2.05, 4.69) is 203 Å².